The lowest BCUT2D eigenvalue weighted by atomic mass is 10.4. The molecule has 0 aromatic heterocycles. The first kappa shape index (κ1) is 7.94. The molecule has 0 amide bonds. The third kappa shape index (κ3) is 3.52. The van der Waals surface area contributed by atoms with E-state index >= 15 is 0 Å². The van der Waals surface area contributed by atoms with Crippen LogP contribution in [0.5, 0.6) is 0 Å². The van der Waals surface area contributed by atoms with Crippen LogP contribution in [0.25, 0.3) is 0 Å². The van der Waals surface area contributed by atoms with Crippen LogP contribution in [0.2, 0.25) is 0 Å². The monoisotopic (exact) mass is 131 g/mol. The van der Waals surface area contributed by atoms with Crippen molar-refractivity contribution in [1.82, 2.24) is 0 Å². The number of aliphatic carboxylic acids is 1. The van der Waals surface area contributed by atoms with Crippen LogP contribution in [0.15, 0.2) is 5.16 Å². The van der Waals surface area contributed by atoms with Gasteiger partial charge in [-0.1, -0.05) is 5.16 Å². The molecule has 0 aliphatic rings. The van der Waals surface area contributed by atoms with Gasteiger partial charge in [-0.05, 0) is 13.8 Å². The van der Waals surface area contributed by atoms with Crippen LogP contribution >= 0.6 is 0 Å². The van der Waals surface area contributed by atoms with Gasteiger partial charge in [0, 0.05) is 6.21 Å². The fourth-order valence-corrected chi connectivity index (χ4v) is 0.197. The number of hydrogen-bond acceptors (Lipinski definition) is 3. The topological polar surface area (TPSA) is 58.9 Å². The van der Waals surface area contributed by atoms with E-state index in [1.54, 1.807) is 6.92 Å². The number of hydrogen-bond donors (Lipinski definition) is 1. The second-order valence-corrected chi connectivity index (χ2v) is 1.45. The van der Waals surface area contributed by atoms with Gasteiger partial charge in [-0.3, -0.25) is 0 Å². The lowest BCUT2D eigenvalue weighted by molar-refractivity contribution is -0.149. The zero-order valence-electron chi connectivity index (χ0n) is 5.37. The minimum absolute atomic E-state index is 0.860. The number of carboxylic acid groups (broad SMARTS) is 1. The molecule has 0 bridgehead atoms. The molecule has 0 radical (unpaired) electrons. The number of rotatable bonds is 3. The van der Waals surface area contributed by atoms with Crippen LogP contribution in [-0.2, 0) is 9.63 Å². The molecule has 0 saturated heterocycles. The zero-order chi connectivity index (χ0) is 7.28. The molecule has 9 heavy (non-hydrogen) atoms. The molecule has 0 aliphatic heterocycles. The van der Waals surface area contributed by atoms with Crippen molar-refractivity contribution in [3.8, 4) is 0 Å². The van der Waals surface area contributed by atoms with Crippen molar-refractivity contribution in [3.05, 3.63) is 0 Å². The second kappa shape index (κ2) is 3.88. The lowest BCUT2D eigenvalue weighted by Gasteiger charge is -2.00. The van der Waals surface area contributed by atoms with E-state index in [9.17, 15) is 4.79 Å². The fraction of sp³-hybridized carbons (Fsp3) is 0.600. The van der Waals surface area contributed by atoms with E-state index in [4.69, 9.17) is 5.11 Å². The number of carbonyl (C=O) groups is 1. The molecular formula is C5H9NO3. The van der Waals surface area contributed by atoms with Gasteiger partial charge in [0.1, 0.15) is 0 Å². The van der Waals surface area contributed by atoms with Crippen molar-refractivity contribution < 1.29 is 14.7 Å². The number of nitrogens with zero attached hydrogens (tertiary/aromatic N) is 1. The molecule has 0 heterocycles. The maximum atomic E-state index is 10.0. The van der Waals surface area contributed by atoms with Crippen LogP contribution in [0, 0.1) is 0 Å². The molecule has 0 saturated carbocycles. The minimum atomic E-state index is -1.01. The van der Waals surface area contributed by atoms with Crippen molar-refractivity contribution in [2.45, 2.75) is 20.0 Å². The third-order valence-corrected chi connectivity index (χ3v) is 0.672. The van der Waals surface area contributed by atoms with Crippen molar-refractivity contribution >= 4 is 12.2 Å². The first-order valence-electron chi connectivity index (χ1n) is 2.55. The summed E-state index contributed by atoms with van der Waals surface area (Å²) in [4.78, 5) is 14.4. The molecular weight excluding hydrogens is 122 g/mol. The predicted molar refractivity (Wildman–Crippen MR) is 32.3 cm³/mol. The Balaban J connectivity index is 3.50. The largest absolute Gasteiger partial charge is 0.478 e. The lowest BCUT2D eigenvalue weighted by Crippen LogP contribution is -2.17. The summed E-state index contributed by atoms with van der Waals surface area (Å²) in [7, 11) is 0. The van der Waals surface area contributed by atoms with Crippen LogP contribution in [0.3, 0.4) is 0 Å². The summed E-state index contributed by atoms with van der Waals surface area (Å²) in [5.41, 5.74) is 0. The highest BCUT2D eigenvalue weighted by atomic mass is 16.6. The van der Waals surface area contributed by atoms with Gasteiger partial charge in [0.25, 0.3) is 0 Å². The minimum Gasteiger partial charge on any atom is -0.478 e. The maximum absolute atomic E-state index is 10.0. The molecule has 1 unspecified atom stereocenters. The Labute approximate surface area is 53.1 Å². The Morgan fingerprint density at radius 2 is 2.44 bits per heavy atom. The van der Waals surface area contributed by atoms with E-state index in [0.29, 0.717) is 0 Å². The fourth-order valence-electron chi connectivity index (χ4n) is 0.197. The quantitative estimate of drug-likeness (QED) is 0.447. The molecule has 4 heteroatoms. The molecule has 1 N–H and O–H groups in total. The average Bonchev–Trinajstić information content (AvgIpc) is 1.82. The highest BCUT2D eigenvalue weighted by molar-refractivity contribution is 5.71. The van der Waals surface area contributed by atoms with Gasteiger partial charge in [-0.2, -0.15) is 0 Å². The van der Waals surface area contributed by atoms with Crippen molar-refractivity contribution in [3.63, 3.8) is 0 Å². The summed E-state index contributed by atoms with van der Waals surface area (Å²) in [6.07, 6.45) is 0.528. The van der Waals surface area contributed by atoms with Crippen molar-refractivity contribution in [2.24, 2.45) is 5.16 Å². The molecule has 0 aromatic rings. The number of oxime groups is 1. The smallest absolute Gasteiger partial charge is 0.347 e. The summed E-state index contributed by atoms with van der Waals surface area (Å²) in [5, 5.41) is 11.5. The van der Waals surface area contributed by atoms with Gasteiger partial charge in [0.05, 0.1) is 0 Å². The molecule has 1 atom stereocenters. The average molecular weight is 131 g/mol. The van der Waals surface area contributed by atoms with Crippen molar-refractivity contribution in [2.75, 3.05) is 0 Å². The zero-order valence-corrected chi connectivity index (χ0v) is 5.37. The van der Waals surface area contributed by atoms with Gasteiger partial charge >= 0.3 is 5.97 Å². The SMILES string of the molecule is CC=NOC(C)C(=O)O. The molecule has 52 valence electrons. The van der Waals surface area contributed by atoms with E-state index < -0.39 is 12.1 Å². The van der Waals surface area contributed by atoms with Gasteiger partial charge in [0.2, 0.25) is 6.10 Å². The standard InChI is InChI=1S/C5H9NO3/c1-3-6-9-4(2)5(7)8/h3-4H,1-2H3,(H,7,8). The Morgan fingerprint density at radius 3 is 2.78 bits per heavy atom. The van der Waals surface area contributed by atoms with E-state index in [1.165, 1.54) is 13.1 Å². The van der Waals surface area contributed by atoms with Crippen LogP contribution in [0.4, 0.5) is 0 Å². The summed E-state index contributed by atoms with van der Waals surface area (Å²) >= 11 is 0. The van der Waals surface area contributed by atoms with Crippen molar-refractivity contribution in [1.29, 1.82) is 0 Å². The summed E-state index contributed by atoms with van der Waals surface area (Å²) in [6.45, 7) is 3.06. The van der Waals surface area contributed by atoms with Gasteiger partial charge in [0.15, 0.2) is 0 Å². The molecule has 0 fully saturated rings. The molecule has 4 nitrogen and oxygen atoms in total. The molecule has 0 aromatic carbocycles. The molecule has 0 rings (SSSR count). The Hall–Kier alpha value is -1.06. The predicted octanol–water partition coefficient (Wildman–Crippen LogP) is 0.482. The van der Waals surface area contributed by atoms with Gasteiger partial charge in [-0.25, -0.2) is 4.79 Å². The highest BCUT2D eigenvalue weighted by Crippen LogP contribution is 1.88. The number of carboxylic acids is 1. The van der Waals surface area contributed by atoms with E-state index in [2.05, 4.69) is 9.99 Å². The first-order chi connectivity index (χ1) is 4.18. The van der Waals surface area contributed by atoms with Crippen LogP contribution < -0.4 is 0 Å². The summed E-state index contributed by atoms with van der Waals surface area (Å²) in [5.74, 6) is -1.01. The van der Waals surface area contributed by atoms with Gasteiger partial charge in [-0.15, -0.1) is 0 Å². The highest BCUT2D eigenvalue weighted by Gasteiger charge is 2.09. The Bertz CT molecular complexity index is 121. The third-order valence-electron chi connectivity index (χ3n) is 0.672. The van der Waals surface area contributed by atoms with Crippen LogP contribution in [-0.4, -0.2) is 23.4 Å². The summed E-state index contributed by atoms with van der Waals surface area (Å²) in [6, 6.07) is 0. The van der Waals surface area contributed by atoms with Crippen LogP contribution in [0.1, 0.15) is 13.8 Å². The Morgan fingerprint density at radius 1 is 1.89 bits per heavy atom. The second-order valence-electron chi connectivity index (χ2n) is 1.45. The summed E-state index contributed by atoms with van der Waals surface area (Å²) < 4.78 is 0. The van der Waals surface area contributed by atoms with E-state index in [1.807, 2.05) is 0 Å². The first-order valence-corrected chi connectivity index (χ1v) is 2.55. The van der Waals surface area contributed by atoms with E-state index in [0.717, 1.165) is 0 Å². The Kier molecular flexibility index (Phi) is 3.43. The van der Waals surface area contributed by atoms with E-state index in [-0.39, 0.29) is 0 Å². The maximum Gasteiger partial charge on any atom is 0.347 e. The normalized spacial score (nSPS) is 13.6. The molecule has 0 aliphatic carbocycles. The molecule has 0 spiro atoms. The van der Waals surface area contributed by atoms with Gasteiger partial charge < -0.3 is 9.94 Å².